The highest BCUT2D eigenvalue weighted by molar-refractivity contribution is 5.85. The number of hydrogen-bond donors (Lipinski definition) is 3. The SMILES string of the molecule is NNc1cc(-c2ccc(NC(=O)OCc3ccccc3)cc2)ccn1. The van der Waals surface area contributed by atoms with Crippen LogP contribution < -0.4 is 16.6 Å². The fourth-order valence-corrected chi connectivity index (χ4v) is 2.31. The number of ether oxygens (including phenoxy) is 1. The predicted molar refractivity (Wildman–Crippen MR) is 97.7 cm³/mol. The van der Waals surface area contributed by atoms with Gasteiger partial charge in [-0.15, -0.1) is 0 Å². The van der Waals surface area contributed by atoms with Gasteiger partial charge in [0, 0.05) is 11.9 Å². The Hall–Kier alpha value is -3.38. The molecule has 0 aliphatic heterocycles. The zero-order chi connectivity index (χ0) is 17.5. The summed E-state index contributed by atoms with van der Waals surface area (Å²) in [5.41, 5.74) is 6.08. The Labute approximate surface area is 145 Å². The van der Waals surface area contributed by atoms with E-state index in [9.17, 15) is 4.79 Å². The predicted octanol–water partition coefficient (Wildman–Crippen LogP) is 3.78. The minimum absolute atomic E-state index is 0.233. The molecule has 0 radical (unpaired) electrons. The van der Waals surface area contributed by atoms with Crippen LogP contribution in [0.1, 0.15) is 5.56 Å². The van der Waals surface area contributed by atoms with Crippen molar-refractivity contribution in [2.24, 2.45) is 5.84 Å². The topological polar surface area (TPSA) is 89.3 Å². The molecule has 1 heterocycles. The number of aromatic nitrogens is 1. The van der Waals surface area contributed by atoms with Crippen LogP contribution in [0.25, 0.3) is 11.1 Å². The number of rotatable bonds is 5. The third kappa shape index (κ3) is 4.55. The molecule has 1 aromatic heterocycles. The molecule has 2 aromatic carbocycles. The average molecular weight is 334 g/mol. The molecule has 6 nitrogen and oxygen atoms in total. The molecule has 6 heteroatoms. The van der Waals surface area contributed by atoms with Crippen molar-refractivity contribution in [3.05, 3.63) is 78.5 Å². The van der Waals surface area contributed by atoms with Gasteiger partial charge in [0.05, 0.1) is 0 Å². The van der Waals surface area contributed by atoms with Gasteiger partial charge >= 0.3 is 6.09 Å². The summed E-state index contributed by atoms with van der Waals surface area (Å²) in [4.78, 5) is 15.9. The van der Waals surface area contributed by atoms with Gasteiger partial charge in [-0.25, -0.2) is 15.6 Å². The summed E-state index contributed by atoms with van der Waals surface area (Å²) in [5.74, 6) is 5.96. The summed E-state index contributed by atoms with van der Waals surface area (Å²) >= 11 is 0. The minimum Gasteiger partial charge on any atom is -0.444 e. The quantitative estimate of drug-likeness (QED) is 0.488. The fraction of sp³-hybridized carbons (Fsp3) is 0.0526. The molecule has 0 bridgehead atoms. The zero-order valence-corrected chi connectivity index (χ0v) is 13.5. The number of amides is 1. The van der Waals surface area contributed by atoms with Crippen LogP contribution in [0.3, 0.4) is 0 Å². The van der Waals surface area contributed by atoms with Crippen molar-refractivity contribution >= 4 is 17.6 Å². The molecule has 0 aliphatic carbocycles. The highest BCUT2D eigenvalue weighted by Gasteiger charge is 2.05. The van der Waals surface area contributed by atoms with Gasteiger partial charge in [0.25, 0.3) is 0 Å². The first kappa shape index (κ1) is 16.5. The zero-order valence-electron chi connectivity index (χ0n) is 13.5. The number of nitrogens with one attached hydrogen (secondary N) is 2. The second-order valence-corrected chi connectivity index (χ2v) is 5.34. The van der Waals surface area contributed by atoms with Crippen molar-refractivity contribution in [2.75, 3.05) is 10.7 Å². The van der Waals surface area contributed by atoms with Crippen LogP contribution in [0.2, 0.25) is 0 Å². The highest BCUT2D eigenvalue weighted by Crippen LogP contribution is 2.22. The molecule has 126 valence electrons. The van der Waals surface area contributed by atoms with E-state index in [0.717, 1.165) is 16.7 Å². The lowest BCUT2D eigenvalue weighted by Gasteiger charge is -2.08. The lowest BCUT2D eigenvalue weighted by Crippen LogP contribution is -2.13. The molecule has 3 aromatic rings. The maximum atomic E-state index is 11.9. The molecule has 0 fully saturated rings. The number of pyridine rings is 1. The lowest BCUT2D eigenvalue weighted by molar-refractivity contribution is 0.155. The Morgan fingerprint density at radius 2 is 1.76 bits per heavy atom. The molecule has 25 heavy (non-hydrogen) atoms. The highest BCUT2D eigenvalue weighted by atomic mass is 16.5. The number of carbonyl (C=O) groups excluding carboxylic acids is 1. The van der Waals surface area contributed by atoms with E-state index in [2.05, 4.69) is 15.7 Å². The lowest BCUT2D eigenvalue weighted by atomic mass is 10.1. The van der Waals surface area contributed by atoms with Gasteiger partial charge in [-0.2, -0.15) is 0 Å². The first-order chi connectivity index (χ1) is 12.2. The number of anilines is 2. The monoisotopic (exact) mass is 334 g/mol. The number of hydrogen-bond acceptors (Lipinski definition) is 5. The average Bonchev–Trinajstić information content (AvgIpc) is 2.68. The minimum atomic E-state index is -0.491. The summed E-state index contributed by atoms with van der Waals surface area (Å²) in [6, 6.07) is 20.7. The van der Waals surface area contributed by atoms with Crippen LogP contribution in [0.5, 0.6) is 0 Å². The third-order valence-corrected chi connectivity index (χ3v) is 3.59. The van der Waals surface area contributed by atoms with E-state index in [1.165, 1.54) is 0 Å². The molecule has 4 N–H and O–H groups in total. The first-order valence-electron chi connectivity index (χ1n) is 7.75. The van der Waals surface area contributed by atoms with Crippen molar-refractivity contribution in [3.63, 3.8) is 0 Å². The number of carbonyl (C=O) groups is 1. The molecule has 0 aliphatic rings. The largest absolute Gasteiger partial charge is 0.444 e. The van der Waals surface area contributed by atoms with Gasteiger partial charge in [0.15, 0.2) is 0 Å². The molecule has 0 unspecified atom stereocenters. The van der Waals surface area contributed by atoms with E-state index in [-0.39, 0.29) is 6.61 Å². The molecular weight excluding hydrogens is 316 g/mol. The Kier molecular flexibility index (Phi) is 5.23. The summed E-state index contributed by atoms with van der Waals surface area (Å²) < 4.78 is 5.20. The van der Waals surface area contributed by atoms with Crippen molar-refractivity contribution in [1.82, 2.24) is 4.98 Å². The van der Waals surface area contributed by atoms with Crippen LogP contribution in [0, 0.1) is 0 Å². The Morgan fingerprint density at radius 3 is 2.48 bits per heavy atom. The van der Waals surface area contributed by atoms with E-state index in [4.69, 9.17) is 10.6 Å². The Morgan fingerprint density at radius 1 is 1.00 bits per heavy atom. The van der Waals surface area contributed by atoms with Crippen LogP contribution in [0.4, 0.5) is 16.3 Å². The molecule has 0 atom stereocenters. The number of nitrogen functional groups attached to an aromatic ring is 1. The second-order valence-electron chi connectivity index (χ2n) is 5.34. The van der Waals surface area contributed by atoms with Crippen molar-refractivity contribution in [2.45, 2.75) is 6.61 Å². The van der Waals surface area contributed by atoms with Crippen molar-refractivity contribution in [1.29, 1.82) is 0 Å². The first-order valence-corrected chi connectivity index (χ1v) is 7.75. The molecule has 1 amide bonds. The van der Waals surface area contributed by atoms with Gasteiger partial charge in [-0.05, 0) is 41.0 Å². The van der Waals surface area contributed by atoms with E-state index >= 15 is 0 Å². The summed E-state index contributed by atoms with van der Waals surface area (Å²) in [7, 11) is 0. The Balaban J connectivity index is 1.59. The maximum Gasteiger partial charge on any atom is 0.411 e. The van der Waals surface area contributed by atoms with E-state index in [1.807, 2.05) is 66.7 Å². The fourth-order valence-electron chi connectivity index (χ4n) is 2.31. The van der Waals surface area contributed by atoms with Gasteiger partial charge in [-0.3, -0.25) is 5.32 Å². The normalized spacial score (nSPS) is 10.1. The summed E-state index contributed by atoms with van der Waals surface area (Å²) in [6.07, 6.45) is 1.19. The van der Waals surface area contributed by atoms with Gasteiger partial charge in [-0.1, -0.05) is 42.5 Å². The maximum absolute atomic E-state index is 11.9. The van der Waals surface area contributed by atoms with Crippen LogP contribution >= 0.6 is 0 Å². The molecule has 0 spiro atoms. The number of nitrogens with two attached hydrogens (primary N) is 1. The summed E-state index contributed by atoms with van der Waals surface area (Å²) in [6.45, 7) is 0.233. The van der Waals surface area contributed by atoms with E-state index in [1.54, 1.807) is 6.20 Å². The molecular formula is C19H18N4O2. The van der Waals surface area contributed by atoms with Gasteiger partial charge < -0.3 is 10.2 Å². The van der Waals surface area contributed by atoms with Gasteiger partial charge in [0.1, 0.15) is 12.4 Å². The molecule has 3 rings (SSSR count). The Bertz CT molecular complexity index is 836. The van der Waals surface area contributed by atoms with E-state index < -0.39 is 6.09 Å². The third-order valence-electron chi connectivity index (χ3n) is 3.59. The summed E-state index contributed by atoms with van der Waals surface area (Å²) in [5, 5.41) is 2.71. The van der Waals surface area contributed by atoms with Crippen LogP contribution in [-0.2, 0) is 11.3 Å². The van der Waals surface area contributed by atoms with Crippen LogP contribution in [-0.4, -0.2) is 11.1 Å². The standard InChI is InChI=1S/C19H18N4O2/c20-23-18-12-16(10-11-21-18)15-6-8-17(9-7-15)22-19(24)25-13-14-4-2-1-3-5-14/h1-12H,13,20H2,(H,21,23)(H,22,24). The molecule has 0 saturated heterocycles. The molecule has 0 saturated carbocycles. The second kappa shape index (κ2) is 7.94. The number of benzene rings is 2. The van der Waals surface area contributed by atoms with Crippen LogP contribution in [0.15, 0.2) is 72.9 Å². The van der Waals surface area contributed by atoms with Gasteiger partial charge in [0.2, 0.25) is 0 Å². The smallest absolute Gasteiger partial charge is 0.411 e. The number of hydrazine groups is 1. The van der Waals surface area contributed by atoms with E-state index in [0.29, 0.717) is 11.5 Å². The van der Waals surface area contributed by atoms with Crippen molar-refractivity contribution in [3.8, 4) is 11.1 Å². The number of nitrogens with zero attached hydrogens (tertiary/aromatic N) is 1. The van der Waals surface area contributed by atoms with Crippen molar-refractivity contribution < 1.29 is 9.53 Å².